The molecule has 2 atom stereocenters. The molecule has 2 aromatic rings. The number of carbonyl (C=O) groups is 2. The van der Waals surface area contributed by atoms with Crippen molar-refractivity contribution in [1.82, 2.24) is 15.5 Å². The van der Waals surface area contributed by atoms with Gasteiger partial charge in [-0.15, -0.1) is 0 Å². The maximum atomic E-state index is 15.2. The van der Waals surface area contributed by atoms with Gasteiger partial charge >= 0.3 is 12.4 Å². The maximum absolute atomic E-state index is 15.2. The van der Waals surface area contributed by atoms with Gasteiger partial charge in [-0.25, -0.2) is 0 Å². The zero-order valence-electron chi connectivity index (χ0n) is 23.9. The summed E-state index contributed by atoms with van der Waals surface area (Å²) in [7, 11) is 1.27. The first-order valence-electron chi connectivity index (χ1n) is 13.5. The van der Waals surface area contributed by atoms with Gasteiger partial charge in [-0.05, 0) is 73.2 Å². The molecule has 2 heterocycles. The number of nitrogens with zero attached hydrogens (tertiary/aromatic N) is 2. The second-order valence-corrected chi connectivity index (χ2v) is 12.0. The van der Waals surface area contributed by atoms with Crippen molar-refractivity contribution >= 4 is 39.5 Å². The summed E-state index contributed by atoms with van der Waals surface area (Å²) < 4.78 is 88.7. The Bertz CT molecular complexity index is 1480. The van der Waals surface area contributed by atoms with Gasteiger partial charge in [0.2, 0.25) is 11.8 Å². The van der Waals surface area contributed by atoms with Gasteiger partial charge in [0, 0.05) is 31.2 Å². The van der Waals surface area contributed by atoms with Crippen LogP contribution in [0.25, 0.3) is 5.57 Å². The molecule has 2 unspecified atom stereocenters. The number of dihydropyridines is 1. The predicted molar refractivity (Wildman–Crippen MR) is 154 cm³/mol. The minimum atomic E-state index is -5.26. The number of hydrogen-bond acceptors (Lipinski definition) is 4. The van der Waals surface area contributed by atoms with Crippen molar-refractivity contribution in [3.05, 3.63) is 74.8 Å². The standard InChI is InChI=1S/C30H31BrF6N4O2/c1-17(42)40-24-10-7-13-41(24)28(16-39-12-11-20(28)19-8-5-6-9-23(19)31)25-21(27(2,3)26(43)38-4)14-18(29(32,33)34)15-22(25)30(35,36)37/h5-6,8-9,11-12,14-15,24H,7,10,13,16H2,1-4H3,(H,38,43)(H,40,42). The highest BCUT2D eigenvalue weighted by Crippen LogP contribution is 2.54. The van der Waals surface area contributed by atoms with E-state index >= 15 is 13.2 Å². The third-order valence-corrected chi connectivity index (χ3v) is 8.73. The molecule has 4 rings (SSSR count). The molecule has 232 valence electrons. The van der Waals surface area contributed by atoms with E-state index in [0.717, 1.165) is 0 Å². The number of likely N-dealkylation sites (tertiary alicyclic amines) is 1. The molecule has 0 aromatic heterocycles. The summed E-state index contributed by atoms with van der Waals surface area (Å²) in [4.78, 5) is 31.6. The number of carbonyl (C=O) groups excluding carboxylic acids is 2. The number of halogens is 7. The van der Waals surface area contributed by atoms with Crippen molar-refractivity contribution in [3.63, 3.8) is 0 Å². The molecule has 2 amide bonds. The summed E-state index contributed by atoms with van der Waals surface area (Å²) in [6, 6.07) is 7.56. The lowest BCUT2D eigenvalue weighted by atomic mass is 9.67. The second-order valence-electron chi connectivity index (χ2n) is 11.1. The largest absolute Gasteiger partial charge is 0.416 e. The quantitative estimate of drug-likeness (QED) is 0.348. The third kappa shape index (κ3) is 5.98. The SMILES string of the molecule is CNC(=O)C(C)(C)c1cc(C(F)(F)F)cc(C(F)(F)F)c1C1(N2CCCC2NC(C)=O)CN=CC=C1c1ccccc1Br. The molecule has 0 spiro atoms. The van der Waals surface area contributed by atoms with Crippen LogP contribution in [0.15, 0.2) is 51.9 Å². The number of allylic oxidation sites excluding steroid dienone is 1. The van der Waals surface area contributed by atoms with E-state index in [9.17, 15) is 22.8 Å². The van der Waals surface area contributed by atoms with Crippen LogP contribution in [0.4, 0.5) is 26.3 Å². The number of rotatable bonds is 6. The fraction of sp³-hybridized carbons (Fsp3) is 0.433. The lowest BCUT2D eigenvalue weighted by molar-refractivity contribution is -0.145. The molecule has 0 bridgehead atoms. The van der Waals surface area contributed by atoms with Crippen LogP contribution in [0, 0.1) is 0 Å². The molecule has 2 aliphatic heterocycles. The average molecular weight is 673 g/mol. The zero-order chi connectivity index (χ0) is 32.0. The summed E-state index contributed by atoms with van der Waals surface area (Å²) in [5.41, 5.74) is -6.92. The van der Waals surface area contributed by atoms with Gasteiger partial charge in [0.15, 0.2) is 0 Å². The molecule has 1 fully saturated rings. The third-order valence-electron chi connectivity index (χ3n) is 8.04. The van der Waals surface area contributed by atoms with Crippen molar-refractivity contribution < 1.29 is 35.9 Å². The van der Waals surface area contributed by atoms with Gasteiger partial charge < -0.3 is 10.6 Å². The molecule has 2 aliphatic rings. The van der Waals surface area contributed by atoms with E-state index in [-0.39, 0.29) is 19.2 Å². The topological polar surface area (TPSA) is 73.8 Å². The molecule has 6 nitrogen and oxygen atoms in total. The molecule has 1 saturated heterocycles. The molecular formula is C30H31BrF6N4O2. The van der Waals surface area contributed by atoms with Gasteiger partial charge in [0.25, 0.3) is 0 Å². The Hall–Kier alpha value is -3.19. The number of amides is 2. The Kier molecular flexibility index (Phi) is 8.92. The average Bonchev–Trinajstić information content (AvgIpc) is 3.39. The highest BCUT2D eigenvalue weighted by Gasteiger charge is 2.55. The summed E-state index contributed by atoms with van der Waals surface area (Å²) >= 11 is 3.50. The van der Waals surface area contributed by atoms with Gasteiger partial charge in [-0.1, -0.05) is 34.1 Å². The van der Waals surface area contributed by atoms with E-state index in [1.54, 1.807) is 35.2 Å². The molecular weight excluding hydrogens is 642 g/mol. The van der Waals surface area contributed by atoms with E-state index in [1.807, 2.05) is 0 Å². The summed E-state index contributed by atoms with van der Waals surface area (Å²) in [6.07, 6.45) is -7.33. The van der Waals surface area contributed by atoms with Crippen LogP contribution in [0.2, 0.25) is 0 Å². The van der Waals surface area contributed by atoms with E-state index < -0.39 is 63.5 Å². The minimum absolute atomic E-state index is 0.111. The minimum Gasteiger partial charge on any atom is -0.358 e. The highest BCUT2D eigenvalue weighted by molar-refractivity contribution is 9.10. The first-order valence-corrected chi connectivity index (χ1v) is 14.3. The van der Waals surface area contributed by atoms with Gasteiger partial charge in [-0.3, -0.25) is 19.5 Å². The van der Waals surface area contributed by atoms with E-state index in [2.05, 4.69) is 31.6 Å². The smallest absolute Gasteiger partial charge is 0.358 e. The first-order chi connectivity index (χ1) is 20.0. The molecule has 0 radical (unpaired) electrons. The van der Waals surface area contributed by atoms with Gasteiger partial charge in [0.1, 0.15) is 0 Å². The van der Waals surface area contributed by atoms with Crippen LogP contribution in [0.3, 0.4) is 0 Å². The number of alkyl halides is 6. The number of nitrogens with one attached hydrogen (secondary N) is 2. The van der Waals surface area contributed by atoms with E-state index in [4.69, 9.17) is 0 Å². The monoisotopic (exact) mass is 672 g/mol. The Morgan fingerprint density at radius 1 is 1.05 bits per heavy atom. The first kappa shape index (κ1) is 32.7. The van der Waals surface area contributed by atoms with Gasteiger partial charge in [-0.2, -0.15) is 26.3 Å². The fourth-order valence-corrected chi connectivity index (χ4v) is 6.64. The van der Waals surface area contributed by atoms with Crippen LogP contribution in [-0.4, -0.2) is 49.2 Å². The zero-order valence-corrected chi connectivity index (χ0v) is 25.5. The Balaban J connectivity index is 2.26. The number of hydrogen-bond donors (Lipinski definition) is 2. The van der Waals surface area contributed by atoms with Crippen LogP contribution in [-0.2, 0) is 32.9 Å². The van der Waals surface area contributed by atoms with Crippen LogP contribution < -0.4 is 10.6 Å². The van der Waals surface area contributed by atoms with Crippen molar-refractivity contribution in [1.29, 1.82) is 0 Å². The predicted octanol–water partition coefficient (Wildman–Crippen LogP) is 6.43. The summed E-state index contributed by atoms with van der Waals surface area (Å²) in [5, 5.41) is 5.21. The fourth-order valence-electron chi connectivity index (χ4n) is 6.14. The summed E-state index contributed by atoms with van der Waals surface area (Å²) in [5.74, 6) is -1.20. The van der Waals surface area contributed by atoms with Crippen LogP contribution >= 0.6 is 15.9 Å². The van der Waals surface area contributed by atoms with Gasteiger partial charge in [0.05, 0.1) is 34.8 Å². The Labute approximate surface area is 253 Å². The number of benzene rings is 2. The molecule has 2 aromatic carbocycles. The number of likely N-dealkylation sites (N-methyl/N-ethyl adjacent to an activating group) is 1. The van der Waals surface area contributed by atoms with Crippen molar-refractivity contribution in [2.45, 2.75) is 63.1 Å². The summed E-state index contributed by atoms with van der Waals surface area (Å²) in [6.45, 7) is 3.75. The number of aliphatic imine (C=N–C) groups is 1. The molecule has 0 saturated carbocycles. The van der Waals surface area contributed by atoms with E-state index in [0.29, 0.717) is 34.5 Å². The normalized spacial score (nSPS) is 21.5. The van der Waals surface area contributed by atoms with Crippen LogP contribution in [0.5, 0.6) is 0 Å². The van der Waals surface area contributed by atoms with Crippen molar-refractivity contribution in [2.24, 2.45) is 4.99 Å². The van der Waals surface area contributed by atoms with Crippen LogP contribution in [0.1, 0.15) is 61.4 Å². The van der Waals surface area contributed by atoms with Crippen molar-refractivity contribution in [3.8, 4) is 0 Å². The van der Waals surface area contributed by atoms with E-state index in [1.165, 1.54) is 34.0 Å². The maximum Gasteiger partial charge on any atom is 0.416 e. The second kappa shape index (κ2) is 11.7. The Morgan fingerprint density at radius 3 is 2.28 bits per heavy atom. The molecule has 0 aliphatic carbocycles. The lowest BCUT2D eigenvalue weighted by Crippen LogP contribution is -2.58. The molecule has 2 N–H and O–H groups in total. The molecule has 13 heteroatoms. The Morgan fingerprint density at radius 2 is 1.70 bits per heavy atom. The highest BCUT2D eigenvalue weighted by atomic mass is 79.9. The molecule has 43 heavy (non-hydrogen) atoms. The lowest BCUT2D eigenvalue weighted by Gasteiger charge is -2.50. The van der Waals surface area contributed by atoms with Crippen molar-refractivity contribution in [2.75, 3.05) is 20.1 Å².